The highest BCUT2D eigenvalue weighted by atomic mass is 32.2. The van der Waals surface area contributed by atoms with Crippen LogP contribution in [0.15, 0.2) is 30.3 Å². The maximum atomic E-state index is 13.7. The van der Waals surface area contributed by atoms with Gasteiger partial charge >= 0.3 is 0 Å². The Hall–Kier alpha value is -2.95. The van der Waals surface area contributed by atoms with E-state index in [9.17, 15) is 22.0 Å². The topological polar surface area (TPSA) is 94.6 Å². The van der Waals surface area contributed by atoms with Crippen LogP contribution >= 0.6 is 0 Å². The lowest BCUT2D eigenvalue weighted by Crippen LogP contribution is -2.39. The molecule has 40 heavy (non-hydrogen) atoms. The van der Waals surface area contributed by atoms with Gasteiger partial charge in [0, 0.05) is 39.0 Å². The van der Waals surface area contributed by atoms with Crippen molar-refractivity contribution in [2.24, 2.45) is 5.41 Å². The third kappa shape index (κ3) is 5.75. The zero-order valence-corrected chi connectivity index (χ0v) is 23.7. The molecule has 2 saturated carbocycles. The third-order valence-corrected chi connectivity index (χ3v) is 11.0. The normalized spacial score (nSPS) is 22.1. The van der Waals surface area contributed by atoms with E-state index in [4.69, 9.17) is 0 Å². The zero-order valence-electron chi connectivity index (χ0n) is 22.9. The second-order valence-electron chi connectivity index (χ2n) is 12.1. The van der Waals surface area contributed by atoms with Crippen molar-refractivity contribution in [1.29, 1.82) is 0 Å². The van der Waals surface area contributed by atoms with Crippen molar-refractivity contribution in [3.05, 3.63) is 41.5 Å². The summed E-state index contributed by atoms with van der Waals surface area (Å²) in [7, 11) is -3.47. The van der Waals surface area contributed by atoms with Crippen LogP contribution in [0, 0.1) is 12.3 Å². The molecule has 0 bridgehead atoms. The molecule has 2 aliphatic carbocycles. The number of rotatable bonds is 7. The van der Waals surface area contributed by atoms with E-state index in [1.54, 1.807) is 24.3 Å². The average Bonchev–Trinajstić information content (AvgIpc) is 3.61. The Balaban J connectivity index is 1.24. The number of piperidine rings is 2. The molecule has 1 spiro atoms. The molecule has 0 atom stereocenters. The number of anilines is 4. The SMILES string of the molecule is Cc1cc(NC(=O)c2ccc(NS(=O)(=O)C3CCC3)cc2N2CCC3(CC2)CC3)nc(N2CCC(F)(F)CC2)c1. The lowest BCUT2D eigenvalue weighted by atomic mass is 9.93. The van der Waals surface area contributed by atoms with E-state index < -0.39 is 15.9 Å². The Labute approximate surface area is 234 Å². The van der Waals surface area contributed by atoms with Crippen molar-refractivity contribution in [2.45, 2.75) is 75.9 Å². The molecule has 6 rings (SSSR count). The molecular weight excluding hydrogens is 536 g/mol. The Morgan fingerprint density at radius 3 is 2.25 bits per heavy atom. The van der Waals surface area contributed by atoms with Gasteiger partial charge in [0.2, 0.25) is 10.0 Å². The monoisotopic (exact) mass is 573 g/mol. The van der Waals surface area contributed by atoms with Gasteiger partial charge in [-0.05, 0) is 86.8 Å². The molecule has 4 fully saturated rings. The van der Waals surface area contributed by atoms with Crippen molar-refractivity contribution in [3.63, 3.8) is 0 Å². The molecule has 2 aliphatic heterocycles. The number of nitrogens with zero attached hydrogens (tertiary/aromatic N) is 3. The molecule has 3 heterocycles. The van der Waals surface area contributed by atoms with Crippen LogP contribution in [0.1, 0.15) is 73.7 Å². The predicted molar refractivity (Wildman–Crippen MR) is 153 cm³/mol. The van der Waals surface area contributed by atoms with E-state index in [1.807, 2.05) is 17.9 Å². The van der Waals surface area contributed by atoms with E-state index in [0.717, 1.165) is 37.9 Å². The number of sulfonamides is 1. The van der Waals surface area contributed by atoms with Gasteiger partial charge in [0.1, 0.15) is 11.6 Å². The maximum Gasteiger partial charge on any atom is 0.258 e. The van der Waals surface area contributed by atoms with Crippen LogP contribution in [0.3, 0.4) is 0 Å². The molecule has 4 aliphatic rings. The summed E-state index contributed by atoms with van der Waals surface area (Å²) in [5.74, 6) is -2.07. The summed E-state index contributed by atoms with van der Waals surface area (Å²) in [4.78, 5) is 22.2. The van der Waals surface area contributed by atoms with Crippen molar-refractivity contribution in [2.75, 3.05) is 46.0 Å². The molecule has 2 saturated heterocycles. The first kappa shape index (κ1) is 27.2. The quantitative estimate of drug-likeness (QED) is 0.451. The van der Waals surface area contributed by atoms with Crippen LogP contribution < -0.4 is 19.8 Å². The molecule has 0 radical (unpaired) electrons. The van der Waals surface area contributed by atoms with E-state index in [-0.39, 0.29) is 37.1 Å². The average molecular weight is 574 g/mol. The number of alkyl halides is 2. The van der Waals surface area contributed by atoms with Gasteiger partial charge in [-0.1, -0.05) is 6.42 Å². The zero-order chi connectivity index (χ0) is 28.1. The smallest absolute Gasteiger partial charge is 0.258 e. The highest BCUT2D eigenvalue weighted by Crippen LogP contribution is 2.54. The number of aromatic nitrogens is 1. The number of amides is 1. The van der Waals surface area contributed by atoms with Gasteiger partial charge in [-0.2, -0.15) is 0 Å². The summed E-state index contributed by atoms with van der Waals surface area (Å²) < 4.78 is 55.7. The number of hydrogen-bond donors (Lipinski definition) is 2. The number of carbonyl (C=O) groups excluding carboxylic acids is 1. The minimum absolute atomic E-state index is 0.204. The van der Waals surface area contributed by atoms with Crippen molar-refractivity contribution >= 4 is 38.9 Å². The number of halogens is 2. The number of benzene rings is 1. The molecule has 8 nitrogen and oxygen atoms in total. The molecular formula is C29H37F2N5O3S. The summed E-state index contributed by atoms with van der Waals surface area (Å²) in [5.41, 5.74) is 2.92. The summed E-state index contributed by atoms with van der Waals surface area (Å²) in [6, 6.07) is 8.70. The fraction of sp³-hybridized carbons (Fsp3) is 0.586. The fourth-order valence-electron chi connectivity index (χ4n) is 6.00. The lowest BCUT2D eigenvalue weighted by molar-refractivity contribution is -0.0221. The third-order valence-electron chi connectivity index (χ3n) is 9.13. The van der Waals surface area contributed by atoms with Gasteiger partial charge in [-0.3, -0.25) is 9.52 Å². The number of aryl methyl sites for hydroxylation is 1. The molecule has 0 unspecified atom stereocenters. The Morgan fingerprint density at radius 1 is 0.950 bits per heavy atom. The minimum Gasteiger partial charge on any atom is -0.371 e. The van der Waals surface area contributed by atoms with E-state index in [0.29, 0.717) is 46.8 Å². The van der Waals surface area contributed by atoms with E-state index >= 15 is 0 Å². The molecule has 2 N–H and O–H groups in total. The highest BCUT2D eigenvalue weighted by molar-refractivity contribution is 7.93. The largest absolute Gasteiger partial charge is 0.371 e. The summed E-state index contributed by atoms with van der Waals surface area (Å²) in [6.07, 6.45) is 6.45. The van der Waals surface area contributed by atoms with E-state index in [2.05, 4.69) is 19.9 Å². The van der Waals surface area contributed by atoms with Crippen LogP contribution in [-0.4, -0.2) is 56.7 Å². The Kier molecular flexibility index (Phi) is 6.91. The first-order valence-electron chi connectivity index (χ1n) is 14.3. The van der Waals surface area contributed by atoms with Crippen LogP contribution in [0.5, 0.6) is 0 Å². The first-order chi connectivity index (χ1) is 19.0. The molecule has 216 valence electrons. The fourth-order valence-corrected chi connectivity index (χ4v) is 7.57. The predicted octanol–water partition coefficient (Wildman–Crippen LogP) is 5.55. The maximum absolute atomic E-state index is 13.7. The highest BCUT2D eigenvalue weighted by Gasteiger charge is 2.44. The van der Waals surface area contributed by atoms with Gasteiger partial charge in [-0.15, -0.1) is 0 Å². The van der Waals surface area contributed by atoms with Crippen molar-refractivity contribution in [3.8, 4) is 0 Å². The van der Waals surface area contributed by atoms with Crippen LogP contribution in [0.4, 0.5) is 31.8 Å². The number of pyridine rings is 1. The van der Waals surface area contributed by atoms with Gasteiger partial charge in [0.25, 0.3) is 11.8 Å². The second-order valence-corrected chi connectivity index (χ2v) is 14.1. The summed E-state index contributed by atoms with van der Waals surface area (Å²) in [5, 5.41) is 2.55. The molecule has 1 aromatic heterocycles. The van der Waals surface area contributed by atoms with Gasteiger partial charge in [-0.25, -0.2) is 22.2 Å². The standard InChI is InChI=1S/C29H37F2N5O3S/c1-20-17-25(32-26(18-20)36-15-11-29(30,31)12-16-36)33-27(37)23-6-5-21(34-40(38,39)22-3-2-4-22)19-24(23)35-13-9-28(7-8-28)10-14-35/h5-6,17-19,22,34H,2-4,7-16H2,1H3,(H,32,33,37). The van der Waals surface area contributed by atoms with Gasteiger partial charge < -0.3 is 15.1 Å². The first-order valence-corrected chi connectivity index (χ1v) is 15.9. The van der Waals surface area contributed by atoms with Crippen molar-refractivity contribution < 1.29 is 22.0 Å². The lowest BCUT2D eigenvalue weighted by Gasteiger charge is -2.35. The minimum atomic E-state index is -3.47. The molecule has 2 aromatic rings. The number of nitrogens with one attached hydrogen (secondary N) is 2. The molecule has 1 aromatic carbocycles. The van der Waals surface area contributed by atoms with E-state index in [1.165, 1.54) is 12.8 Å². The van der Waals surface area contributed by atoms with Crippen LogP contribution in [-0.2, 0) is 10.0 Å². The van der Waals surface area contributed by atoms with Crippen LogP contribution in [0.25, 0.3) is 0 Å². The number of hydrogen-bond acceptors (Lipinski definition) is 6. The molecule has 1 amide bonds. The van der Waals surface area contributed by atoms with Crippen LogP contribution in [0.2, 0.25) is 0 Å². The Bertz CT molecular complexity index is 1390. The van der Waals surface area contributed by atoms with Crippen molar-refractivity contribution in [1.82, 2.24) is 4.98 Å². The molecule has 11 heteroatoms. The second kappa shape index (κ2) is 10.2. The van der Waals surface area contributed by atoms with Gasteiger partial charge in [0.05, 0.1) is 22.2 Å². The summed E-state index contributed by atoms with van der Waals surface area (Å²) >= 11 is 0. The Morgan fingerprint density at radius 2 is 1.62 bits per heavy atom. The summed E-state index contributed by atoms with van der Waals surface area (Å²) in [6.45, 7) is 3.91. The van der Waals surface area contributed by atoms with Gasteiger partial charge in [0.15, 0.2) is 0 Å². The number of carbonyl (C=O) groups is 1.